The summed E-state index contributed by atoms with van der Waals surface area (Å²) in [7, 11) is 0. The molecule has 98 valence electrons. The summed E-state index contributed by atoms with van der Waals surface area (Å²) in [5.74, 6) is -1.52. The van der Waals surface area contributed by atoms with Crippen LogP contribution in [0.3, 0.4) is 0 Å². The highest BCUT2D eigenvalue weighted by Gasteiger charge is 2.10. The number of benzene rings is 2. The average Bonchev–Trinajstić information content (AvgIpc) is 2.33. The number of hydrogen-bond acceptors (Lipinski definition) is 3. The van der Waals surface area contributed by atoms with Crippen LogP contribution in [0.5, 0.6) is 0 Å². The van der Waals surface area contributed by atoms with Gasteiger partial charge >= 0.3 is 5.97 Å². The van der Waals surface area contributed by atoms with Crippen LogP contribution < -0.4 is 11.1 Å². The summed E-state index contributed by atoms with van der Waals surface area (Å²) in [6, 6.07) is 8.94. The van der Waals surface area contributed by atoms with Gasteiger partial charge in [0, 0.05) is 15.8 Å². The standard InChI is InChI=1S/C13H10BrFN2O2/c14-9-2-1-3-10(15)12(9)17-7-4-5-8(13(18)19)11(16)6-7/h1-6,17H,16H2,(H,18,19). The van der Waals surface area contributed by atoms with Gasteiger partial charge in [0.1, 0.15) is 5.82 Å². The van der Waals surface area contributed by atoms with Gasteiger partial charge in [-0.2, -0.15) is 0 Å². The zero-order chi connectivity index (χ0) is 14.0. The molecule has 0 unspecified atom stereocenters. The number of carboxylic acid groups (broad SMARTS) is 1. The van der Waals surface area contributed by atoms with Crippen molar-refractivity contribution in [3.05, 3.63) is 52.3 Å². The minimum atomic E-state index is -1.10. The lowest BCUT2D eigenvalue weighted by molar-refractivity contribution is 0.0698. The topological polar surface area (TPSA) is 75.3 Å². The van der Waals surface area contributed by atoms with E-state index in [0.29, 0.717) is 10.2 Å². The highest BCUT2D eigenvalue weighted by molar-refractivity contribution is 9.10. The Balaban J connectivity index is 2.34. The lowest BCUT2D eigenvalue weighted by atomic mass is 10.1. The molecule has 0 aromatic heterocycles. The molecule has 0 saturated heterocycles. The van der Waals surface area contributed by atoms with Gasteiger partial charge in [-0.15, -0.1) is 0 Å². The highest BCUT2D eigenvalue weighted by Crippen LogP contribution is 2.29. The summed E-state index contributed by atoms with van der Waals surface area (Å²) in [5, 5.41) is 11.7. The predicted molar refractivity (Wildman–Crippen MR) is 75.2 cm³/mol. The molecule has 0 aliphatic carbocycles. The number of para-hydroxylation sites is 1. The molecule has 0 aliphatic rings. The van der Waals surface area contributed by atoms with E-state index in [1.165, 1.54) is 24.3 Å². The molecule has 0 heterocycles. The fourth-order valence-corrected chi connectivity index (χ4v) is 2.04. The molecular formula is C13H10BrFN2O2. The quantitative estimate of drug-likeness (QED) is 0.754. The second-order valence-corrected chi connectivity index (χ2v) is 4.68. The normalized spacial score (nSPS) is 10.2. The van der Waals surface area contributed by atoms with E-state index >= 15 is 0 Å². The van der Waals surface area contributed by atoms with Gasteiger partial charge in [0.15, 0.2) is 0 Å². The van der Waals surface area contributed by atoms with Crippen LogP contribution in [0.1, 0.15) is 10.4 Å². The molecule has 0 saturated carbocycles. The predicted octanol–water partition coefficient (Wildman–Crippen LogP) is 3.61. The maximum absolute atomic E-state index is 13.6. The number of carbonyl (C=O) groups is 1. The van der Waals surface area contributed by atoms with Crippen molar-refractivity contribution in [1.29, 1.82) is 0 Å². The molecule has 0 atom stereocenters. The SMILES string of the molecule is Nc1cc(Nc2c(F)cccc2Br)ccc1C(=O)O. The first kappa shape index (κ1) is 13.4. The van der Waals surface area contributed by atoms with Gasteiger partial charge in [-0.3, -0.25) is 0 Å². The minimum Gasteiger partial charge on any atom is -0.478 e. The number of nitrogens with one attached hydrogen (secondary N) is 1. The lowest BCUT2D eigenvalue weighted by Crippen LogP contribution is -2.03. The first-order valence-electron chi connectivity index (χ1n) is 5.33. The Morgan fingerprint density at radius 3 is 2.63 bits per heavy atom. The average molecular weight is 325 g/mol. The Bertz CT molecular complexity index is 626. The van der Waals surface area contributed by atoms with Crippen molar-refractivity contribution in [1.82, 2.24) is 0 Å². The highest BCUT2D eigenvalue weighted by atomic mass is 79.9. The molecule has 2 aromatic rings. The van der Waals surface area contributed by atoms with Crippen molar-refractivity contribution in [3.8, 4) is 0 Å². The van der Waals surface area contributed by atoms with Gasteiger partial charge in [0.2, 0.25) is 0 Å². The van der Waals surface area contributed by atoms with Crippen LogP contribution in [0.2, 0.25) is 0 Å². The van der Waals surface area contributed by atoms with Crippen LogP contribution >= 0.6 is 15.9 Å². The number of halogens is 2. The van der Waals surface area contributed by atoms with Crippen molar-refractivity contribution < 1.29 is 14.3 Å². The van der Waals surface area contributed by atoms with Gasteiger partial charge in [0.05, 0.1) is 11.3 Å². The van der Waals surface area contributed by atoms with E-state index in [2.05, 4.69) is 21.2 Å². The summed E-state index contributed by atoms with van der Waals surface area (Å²) >= 11 is 3.23. The van der Waals surface area contributed by atoms with Crippen LogP contribution in [-0.4, -0.2) is 11.1 Å². The smallest absolute Gasteiger partial charge is 0.337 e. The number of anilines is 3. The second kappa shape index (κ2) is 5.27. The monoisotopic (exact) mass is 324 g/mol. The Morgan fingerprint density at radius 2 is 2.05 bits per heavy atom. The van der Waals surface area contributed by atoms with Crippen LogP contribution in [0, 0.1) is 5.82 Å². The Hall–Kier alpha value is -2.08. The van der Waals surface area contributed by atoms with E-state index in [9.17, 15) is 9.18 Å². The largest absolute Gasteiger partial charge is 0.478 e. The number of aromatic carboxylic acids is 1. The van der Waals surface area contributed by atoms with E-state index in [0.717, 1.165) is 0 Å². The fourth-order valence-electron chi connectivity index (χ4n) is 1.60. The summed E-state index contributed by atoms with van der Waals surface area (Å²) < 4.78 is 14.2. The van der Waals surface area contributed by atoms with Crippen molar-refractivity contribution in [3.63, 3.8) is 0 Å². The molecule has 4 N–H and O–H groups in total. The molecule has 2 aromatic carbocycles. The number of nitrogens with two attached hydrogens (primary N) is 1. The van der Waals surface area contributed by atoms with Crippen LogP contribution in [0.4, 0.5) is 21.5 Å². The summed E-state index contributed by atoms with van der Waals surface area (Å²) in [6.45, 7) is 0. The third-order valence-electron chi connectivity index (χ3n) is 2.51. The number of nitrogen functional groups attached to an aromatic ring is 1. The molecule has 0 fully saturated rings. The molecule has 4 nitrogen and oxygen atoms in total. The molecule has 0 amide bonds. The van der Waals surface area contributed by atoms with Gasteiger partial charge < -0.3 is 16.2 Å². The van der Waals surface area contributed by atoms with E-state index in [-0.39, 0.29) is 16.9 Å². The number of hydrogen-bond donors (Lipinski definition) is 3. The molecule has 6 heteroatoms. The number of carboxylic acids is 1. The molecule has 0 aliphatic heterocycles. The molecule has 0 bridgehead atoms. The van der Waals surface area contributed by atoms with Crippen LogP contribution in [0.25, 0.3) is 0 Å². The van der Waals surface area contributed by atoms with E-state index in [1.54, 1.807) is 12.1 Å². The van der Waals surface area contributed by atoms with E-state index in [4.69, 9.17) is 10.8 Å². The first-order chi connectivity index (χ1) is 8.99. The maximum atomic E-state index is 13.6. The second-order valence-electron chi connectivity index (χ2n) is 3.83. The Morgan fingerprint density at radius 1 is 1.32 bits per heavy atom. The van der Waals surface area contributed by atoms with Crippen LogP contribution in [0.15, 0.2) is 40.9 Å². The molecule has 19 heavy (non-hydrogen) atoms. The zero-order valence-electron chi connectivity index (χ0n) is 9.65. The Labute approximate surface area is 117 Å². The van der Waals surface area contributed by atoms with E-state index in [1.807, 2.05) is 0 Å². The zero-order valence-corrected chi connectivity index (χ0v) is 11.2. The maximum Gasteiger partial charge on any atom is 0.337 e. The molecular weight excluding hydrogens is 315 g/mol. The third kappa shape index (κ3) is 2.85. The molecule has 2 rings (SSSR count). The van der Waals surface area contributed by atoms with E-state index < -0.39 is 11.8 Å². The molecule has 0 spiro atoms. The fraction of sp³-hybridized carbons (Fsp3) is 0. The number of rotatable bonds is 3. The Kier molecular flexibility index (Phi) is 3.71. The van der Waals surface area contributed by atoms with Gasteiger partial charge in [-0.05, 0) is 46.3 Å². The van der Waals surface area contributed by atoms with Gasteiger partial charge in [-0.1, -0.05) is 6.07 Å². The third-order valence-corrected chi connectivity index (χ3v) is 3.17. The van der Waals surface area contributed by atoms with Crippen LogP contribution in [-0.2, 0) is 0 Å². The summed E-state index contributed by atoms with van der Waals surface area (Å²) in [5.41, 5.74) is 6.53. The van der Waals surface area contributed by atoms with Gasteiger partial charge in [0.25, 0.3) is 0 Å². The minimum absolute atomic E-state index is 0.0122. The van der Waals surface area contributed by atoms with Crippen molar-refractivity contribution in [2.75, 3.05) is 11.1 Å². The lowest BCUT2D eigenvalue weighted by Gasteiger charge is -2.11. The van der Waals surface area contributed by atoms with Crippen molar-refractivity contribution >= 4 is 39.0 Å². The summed E-state index contributed by atoms with van der Waals surface area (Å²) in [4.78, 5) is 10.8. The molecule has 0 radical (unpaired) electrons. The first-order valence-corrected chi connectivity index (χ1v) is 6.12. The van der Waals surface area contributed by atoms with Crippen molar-refractivity contribution in [2.24, 2.45) is 0 Å². The van der Waals surface area contributed by atoms with Gasteiger partial charge in [-0.25, -0.2) is 9.18 Å². The summed E-state index contributed by atoms with van der Waals surface area (Å²) in [6.07, 6.45) is 0. The van der Waals surface area contributed by atoms with Crippen molar-refractivity contribution in [2.45, 2.75) is 0 Å².